The summed E-state index contributed by atoms with van der Waals surface area (Å²) in [5, 5.41) is 6.65. The lowest BCUT2D eigenvalue weighted by Gasteiger charge is -2.32. The van der Waals surface area contributed by atoms with Crippen LogP contribution in [0.1, 0.15) is 18.1 Å². The SMILES string of the molecule is CNCC1(CNC)C(C)=Cc2ccccc21. The highest BCUT2D eigenvalue weighted by Crippen LogP contribution is 2.40. The van der Waals surface area contributed by atoms with E-state index in [9.17, 15) is 0 Å². The minimum atomic E-state index is 0.125. The van der Waals surface area contributed by atoms with Crippen molar-refractivity contribution in [3.05, 3.63) is 41.0 Å². The highest BCUT2D eigenvalue weighted by atomic mass is 14.9. The number of nitrogens with one attached hydrogen (secondary N) is 2. The van der Waals surface area contributed by atoms with Crippen LogP contribution in [0.15, 0.2) is 29.8 Å². The summed E-state index contributed by atoms with van der Waals surface area (Å²) in [5.41, 5.74) is 4.37. The summed E-state index contributed by atoms with van der Waals surface area (Å²) >= 11 is 0. The Morgan fingerprint density at radius 2 is 1.69 bits per heavy atom. The van der Waals surface area contributed by atoms with Gasteiger partial charge in [0.25, 0.3) is 0 Å². The number of fused-ring (bicyclic) bond motifs is 1. The molecule has 0 fully saturated rings. The van der Waals surface area contributed by atoms with Gasteiger partial charge in [-0.3, -0.25) is 0 Å². The first-order valence-corrected chi connectivity index (χ1v) is 5.82. The van der Waals surface area contributed by atoms with Gasteiger partial charge in [-0.1, -0.05) is 35.9 Å². The number of hydrogen-bond donors (Lipinski definition) is 2. The first-order chi connectivity index (χ1) is 7.74. The molecule has 1 aliphatic rings. The Morgan fingerprint density at radius 1 is 1.06 bits per heavy atom. The van der Waals surface area contributed by atoms with Crippen molar-refractivity contribution in [2.45, 2.75) is 12.3 Å². The molecule has 0 aromatic heterocycles. The molecule has 0 aliphatic heterocycles. The summed E-state index contributed by atoms with van der Waals surface area (Å²) < 4.78 is 0. The second-order valence-electron chi connectivity index (χ2n) is 4.56. The third-order valence-corrected chi connectivity index (χ3v) is 3.56. The van der Waals surface area contributed by atoms with Gasteiger partial charge in [-0.25, -0.2) is 0 Å². The van der Waals surface area contributed by atoms with E-state index in [1.165, 1.54) is 16.7 Å². The monoisotopic (exact) mass is 216 g/mol. The van der Waals surface area contributed by atoms with E-state index in [1.54, 1.807) is 0 Å². The maximum Gasteiger partial charge on any atom is 0.0417 e. The summed E-state index contributed by atoms with van der Waals surface area (Å²) in [4.78, 5) is 0. The molecular formula is C14H20N2. The molecule has 0 bridgehead atoms. The molecular weight excluding hydrogens is 196 g/mol. The molecule has 86 valence electrons. The maximum atomic E-state index is 3.33. The van der Waals surface area contributed by atoms with Gasteiger partial charge in [0.15, 0.2) is 0 Å². The standard InChI is InChI=1S/C14H20N2/c1-11-8-12-6-4-5-7-13(12)14(11,9-15-2)10-16-3/h4-8,15-16H,9-10H2,1-3H3. The highest BCUT2D eigenvalue weighted by Gasteiger charge is 2.37. The first kappa shape index (κ1) is 11.4. The molecule has 0 atom stereocenters. The Hall–Kier alpha value is -1.12. The van der Waals surface area contributed by atoms with E-state index in [1.807, 2.05) is 14.1 Å². The van der Waals surface area contributed by atoms with E-state index in [4.69, 9.17) is 0 Å². The van der Waals surface area contributed by atoms with Crippen LogP contribution in [0.3, 0.4) is 0 Å². The van der Waals surface area contributed by atoms with Crippen molar-refractivity contribution in [3.8, 4) is 0 Å². The molecule has 1 aromatic carbocycles. The molecule has 0 spiro atoms. The predicted octanol–water partition coefficient (Wildman–Crippen LogP) is 1.78. The van der Waals surface area contributed by atoms with Crippen LogP contribution < -0.4 is 10.6 Å². The van der Waals surface area contributed by atoms with Crippen molar-refractivity contribution in [2.24, 2.45) is 0 Å². The van der Waals surface area contributed by atoms with Gasteiger partial charge in [0.05, 0.1) is 0 Å². The molecule has 2 rings (SSSR count). The van der Waals surface area contributed by atoms with Crippen molar-refractivity contribution in [3.63, 3.8) is 0 Å². The Kier molecular flexibility index (Phi) is 3.13. The molecule has 1 aliphatic carbocycles. The molecule has 1 aromatic rings. The minimum Gasteiger partial charge on any atom is -0.318 e. The number of hydrogen-bond acceptors (Lipinski definition) is 2. The quantitative estimate of drug-likeness (QED) is 0.801. The van der Waals surface area contributed by atoms with Gasteiger partial charge in [-0.2, -0.15) is 0 Å². The molecule has 2 nitrogen and oxygen atoms in total. The van der Waals surface area contributed by atoms with Crippen LogP contribution in [0.4, 0.5) is 0 Å². The van der Waals surface area contributed by atoms with Crippen molar-refractivity contribution in [2.75, 3.05) is 27.2 Å². The summed E-state index contributed by atoms with van der Waals surface area (Å²) in [6, 6.07) is 8.69. The van der Waals surface area contributed by atoms with E-state index in [0.29, 0.717) is 0 Å². The van der Waals surface area contributed by atoms with Crippen LogP contribution in [0.2, 0.25) is 0 Å². The third kappa shape index (κ3) is 1.58. The lowest BCUT2D eigenvalue weighted by atomic mass is 9.77. The largest absolute Gasteiger partial charge is 0.318 e. The van der Waals surface area contributed by atoms with Crippen molar-refractivity contribution in [1.29, 1.82) is 0 Å². The normalized spacial score (nSPS) is 17.1. The highest BCUT2D eigenvalue weighted by molar-refractivity contribution is 5.69. The number of rotatable bonds is 4. The van der Waals surface area contributed by atoms with Gasteiger partial charge in [0.1, 0.15) is 0 Å². The maximum absolute atomic E-state index is 3.33. The molecule has 2 heteroatoms. The van der Waals surface area contributed by atoms with Gasteiger partial charge >= 0.3 is 0 Å². The minimum absolute atomic E-state index is 0.125. The van der Waals surface area contributed by atoms with Gasteiger partial charge in [-0.15, -0.1) is 0 Å². The fourth-order valence-electron chi connectivity index (χ4n) is 2.78. The lowest BCUT2D eigenvalue weighted by Crippen LogP contribution is -2.44. The molecule has 0 amide bonds. The van der Waals surface area contributed by atoms with Crippen LogP contribution in [0, 0.1) is 0 Å². The van der Waals surface area contributed by atoms with Crippen LogP contribution in [-0.2, 0) is 5.41 Å². The zero-order chi connectivity index (χ0) is 11.6. The van der Waals surface area contributed by atoms with Gasteiger partial charge in [-0.05, 0) is 32.1 Å². The lowest BCUT2D eigenvalue weighted by molar-refractivity contribution is 0.462. The molecule has 0 radical (unpaired) electrons. The Morgan fingerprint density at radius 3 is 2.31 bits per heavy atom. The molecule has 0 heterocycles. The smallest absolute Gasteiger partial charge is 0.0417 e. The first-order valence-electron chi connectivity index (χ1n) is 5.82. The average Bonchev–Trinajstić information content (AvgIpc) is 2.54. The van der Waals surface area contributed by atoms with Crippen LogP contribution in [0.25, 0.3) is 6.08 Å². The van der Waals surface area contributed by atoms with E-state index in [2.05, 4.69) is 47.9 Å². The molecule has 2 N–H and O–H groups in total. The Balaban J connectivity index is 2.49. The fraction of sp³-hybridized carbons (Fsp3) is 0.429. The van der Waals surface area contributed by atoms with Crippen molar-refractivity contribution < 1.29 is 0 Å². The van der Waals surface area contributed by atoms with E-state index >= 15 is 0 Å². The summed E-state index contributed by atoms with van der Waals surface area (Å²) in [5.74, 6) is 0. The zero-order valence-electron chi connectivity index (χ0n) is 10.3. The van der Waals surface area contributed by atoms with Gasteiger partial charge < -0.3 is 10.6 Å². The van der Waals surface area contributed by atoms with Crippen molar-refractivity contribution >= 4 is 6.08 Å². The van der Waals surface area contributed by atoms with Gasteiger partial charge in [0.2, 0.25) is 0 Å². The van der Waals surface area contributed by atoms with E-state index in [-0.39, 0.29) is 5.41 Å². The average molecular weight is 216 g/mol. The van der Waals surface area contributed by atoms with Crippen LogP contribution in [-0.4, -0.2) is 27.2 Å². The summed E-state index contributed by atoms with van der Waals surface area (Å²) in [7, 11) is 4.04. The molecule has 0 saturated heterocycles. The molecule has 16 heavy (non-hydrogen) atoms. The van der Waals surface area contributed by atoms with E-state index in [0.717, 1.165) is 13.1 Å². The summed E-state index contributed by atoms with van der Waals surface area (Å²) in [6.45, 7) is 4.19. The summed E-state index contributed by atoms with van der Waals surface area (Å²) in [6.07, 6.45) is 2.31. The van der Waals surface area contributed by atoms with Crippen LogP contribution >= 0.6 is 0 Å². The van der Waals surface area contributed by atoms with Gasteiger partial charge in [0, 0.05) is 18.5 Å². The fourth-order valence-corrected chi connectivity index (χ4v) is 2.78. The zero-order valence-corrected chi connectivity index (χ0v) is 10.3. The predicted molar refractivity (Wildman–Crippen MR) is 69.6 cm³/mol. The van der Waals surface area contributed by atoms with E-state index < -0.39 is 0 Å². The molecule has 0 unspecified atom stereocenters. The Labute approximate surface area is 97.8 Å². The topological polar surface area (TPSA) is 24.1 Å². The Bertz CT molecular complexity index is 401. The number of benzene rings is 1. The number of likely N-dealkylation sites (N-methyl/N-ethyl adjacent to an activating group) is 2. The third-order valence-electron chi connectivity index (χ3n) is 3.56. The second-order valence-corrected chi connectivity index (χ2v) is 4.56. The molecule has 0 saturated carbocycles. The van der Waals surface area contributed by atoms with Crippen molar-refractivity contribution in [1.82, 2.24) is 10.6 Å². The second kappa shape index (κ2) is 4.40. The van der Waals surface area contributed by atoms with Crippen LogP contribution in [0.5, 0.6) is 0 Å².